The number of fused-ring (bicyclic) bond motifs is 1. The van der Waals surface area contributed by atoms with Crippen molar-refractivity contribution < 1.29 is 23.6 Å². The van der Waals surface area contributed by atoms with Crippen molar-refractivity contribution in [3.05, 3.63) is 66.0 Å². The lowest BCUT2D eigenvalue weighted by Gasteiger charge is -2.28. The molecule has 0 aromatic heterocycles. The Morgan fingerprint density at radius 3 is 2.41 bits per heavy atom. The molecular formula is C20H19FN2O4. The van der Waals surface area contributed by atoms with E-state index in [1.165, 1.54) is 24.1 Å². The molecule has 0 N–H and O–H groups in total. The maximum absolute atomic E-state index is 13.4. The zero-order valence-corrected chi connectivity index (χ0v) is 14.7. The average molecular weight is 370 g/mol. The lowest BCUT2D eigenvalue weighted by molar-refractivity contribution is -0.143. The summed E-state index contributed by atoms with van der Waals surface area (Å²) in [5.41, 5.74) is 1.44. The van der Waals surface area contributed by atoms with Gasteiger partial charge < -0.3 is 4.74 Å². The van der Waals surface area contributed by atoms with Crippen LogP contribution in [0.2, 0.25) is 0 Å². The third-order valence-corrected chi connectivity index (χ3v) is 4.95. The average Bonchev–Trinajstić information content (AvgIpc) is 3.19. The van der Waals surface area contributed by atoms with Gasteiger partial charge in [0.15, 0.2) is 6.10 Å². The normalized spacial score (nSPS) is 24.6. The molecule has 2 aromatic rings. The van der Waals surface area contributed by atoms with Crippen molar-refractivity contribution in [1.82, 2.24) is 4.90 Å². The molecule has 140 valence electrons. The zero-order valence-electron chi connectivity index (χ0n) is 14.7. The number of amides is 2. The number of hydrogen-bond donors (Lipinski definition) is 0. The molecule has 3 atom stereocenters. The Bertz CT molecular complexity index is 843. The smallest absolute Gasteiger partial charge is 0.262 e. The first kappa shape index (κ1) is 17.6. The number of imide groups is 1. The number of methoxy groups -OCH3 is 1. The fraction of sp³-hybridized carbons (Fsp3) is 0.300. The molecule has 2 fully saturated rings. The summed E-state index contributed by atoms with van der Waals surface area (Å²) in [6.45, 7) is 0.451. The van der Waals surface area contributed by atoms with Crippen molar-refractivity contribution in [2.45, 2.75) is 12.1 Å². The van der Waals surface area contributed by atoms with Gasteiger partial charge in [-0.05, 0) is 29.8 Å². The summed E-state index contributed by atoms with van der Waals surface area (Å²) < 4.78 is 18.4. The van der Waals surface area contributed by atoms with Gasteiger partial charge in [-0.3, -0.25) is 19.3 Å². The van der Waals surface area contributed by atoms with E-state index in [-0.39, 0.29) is 30.8 Å². The van der Waals surface area contributed by atoms with Gasteiger partial charge in [-0.2, -0.15) is 0 Å². The number of nitrogens with zero attached hydrogens (tertiary/aromatic N) is 2. The van der Waals surface area contributed by atoms with Gasteiger partial charge in [0, 0.05) is 7.11 Å². The Balaban J connectivity index is 1.73. The molecule has 7 heteroatoms. The molecule has 0 radical (unpaired) electrons. The van der Waals surface area contributed by atoms with E-state index in [0.717, 1.165) is 5.69 Å². The van der Waals surface area contributed by atoms with Crippen LogP contribution in [-0.2, 0) is 19.2 Å². The minimum atomic E-state index is -0.899. The van der Waals surface area contributed by atoms with E-state index in [2.05, 4.69) is 0 Å². The van der Waals surface area contributed by atoms with Crippen LogP contribution in [0.25, 0.3) is 0 Å². The van der Waals surface area contributed by atoms with E-state index in [1.54, 1.807) is 17.2 Å². The summed E-state index contributed by atoms with van der Waals surface area (Å²) in [4.78, 5) is 32.9. The van der Waals surface area contributed by atoms with Gasteiger partial charge in [0.1, 0.15) is 11.7 Å². The van der Waals surface area contributed by atoms with Crippen LogP contribution in [0.4, 0.5) is 10.1 Å². The SMILES string of the molecule is COCCN1C(=O)[C@H]2[C@@H](c3ccc(F)cc3)N(c3ccccc3)O[C@H]2C1=O. The lowest BCUT2D eigenvalue weighted by atomic mass is 9.90. The monoisotopic (exact) mass is 370 g/mol. The van der Waals surface area contributed by atoms with Gasteiger partial charge in [-0.1, -0.05) is 30.3 Å². The highest BCUT2D eigenvalue weighted by molar-refractivity contribution is 6.07. The summed E-state index contributed by atoms with van der Waals surface area (Å²) in [6, 6.07) is 14.7. The molecule has 2 aliphatic rings. The number of carbonyl (C=O) groups is 2. The van der Waals surface area contributed by atoms with Crippen molar-refractivity contribution in [1.29, 1.82) is 0 Å². The van der Waals surface area contributed by atoms with Gasteiger partial charge in [0.25, 0.3) is 5.91 Å². The number of benzene rings is 2. The highest BCUT2D eigenvalue weighted by atomic mass is 19.1. The van der Waals surface area contributed by atoms with E-state index < -0.39 is 18.1 Å². The predicted octanol–water partition coefficient (Wildman–Crippen LogP) is 2.32. The molecule has 4 rings (SSSR count). The standard InChI is InChI=1S/C20H19FN2O4/c1-26-12-11-22-19(24)16-17(13-7-9-14(21)10-8-13)23(27-18(16)20(22)25)15-5-3-2-4-6-15/h2-10,16-18H,11-12H2,1H3/t16-,17+,18+/m0/s1. The molecule has 0 spiro atoms. The summed E-state index contributed by atoms with van der Waals surface area (Å²) in [5, 5.41) is 1.59. The number of hydroxylamine groups is 1. The molecule has 27 heavy (non-hydrogen) atoms. The number of hydrogen-bond acceptors (Lipinski definition) is 5. The van der Waals surface area contributed by atoms with Crippen LogP contribution in [0.1, 0.15) is 11.6 Å². The van der Waals surface area contributed by atoms with Crippen LogP contribution in [0, 0.1) is 11.7 Å². The fourth-order valence-electron chi connectivity index (χ4n) is 3.67. The van der Waals surface area contributed by atoms with E-state index in [4.69, 9.17) is 9.57 Å². The molecule has 0 aliphatic carbocycles. The Kier molecular flexibility index (Phi) is 4.63. The summed E-state index contributed by atoms with van der Waals surface area (Å²) in [6.07, 6.45) is -0.899. The number of para-hydroxylation sites is 1. The minimum Gasteiger partial charge on any atom is -0.383 e. The Morgan fingerprint density at radius 1 is 1.04 bits per heavy atom. The van der Waals surface area contributed by atoms with Crippen LogP contribution >= 0.6 is 0 Å². The Hall–Kier alpha value is -2.77. The molecule has 2 aliphatic heterocycles. The van der Waals surface area contributed by atoms with Gasteiger partial charge >= 0.3 is 0 Å². The third kappa shape index (κ3) is 2.98. The Labute approximate surface area is 156 Å². The molecule has 6 nitrogen and oxygen atoms in total. The quantitative estimate of drug-likeness (QED) is 0.756. The number of anilines is 1. The molecule has 2 saturated heterocycles. The lowest BCUT2D eigenvalue weighted by Crippen LogP contribution is -2.39. The first-order valence-corrected chi connectivity index (χ1v) is 8.72. The molecule has 0 bridgehead atoms. The van der Waals surface area contributed by atoms with Crippen LogP contribution in [0.5, 0.6) is 0 Å². The second-order valence-electron chi connectivity index (χ2n) is 6.53. The number of halogens is 1. The van der Waals surface area contributed by atoms with Crippen molar-refractivity contribution in [2.24, 2.45) is 5.92 Å². The van der Waals surface area contributed by atoms with Crippen LogP contribution < -0.4 is 5.06 Å². The Morgan fingerprint density at radius 2 is 1.74 bits per heavy atom. The minimum absolute atomic E-state index is 0.187. The predicted molar refractivity (Wildman–Crippen MR) is 95.0 cm³/mol. The summed E-state index contributed by atoms with van der Waals surface area (Å²) >= 11 is 0. The van der Waals surface area contributed by atoms with Crippen LogP contribution in [0.3, 0.4) is 0 Å². The highest BCUT2D eigenvalue weighted by Crippen LogP contribution is 2.46. The highest BCUT2D eigenvalue weighted by Gasteiger charge is 2.59. The number of rotatable bonds is 5. The maximum Gasteiger partial charge on any atom is 0.262 e. The number of likely N-dealkylation sites (tertiary alicyclic amines) is 1. The van der Waals surface area contributed by atoms with Crippen LogP contribution in [0.15, 0.2) is 54.6 Å². The van der Waals surface area contributed by atoms with E-state index >= 15 is 0 Å². The van der Waals surface area contributed by atoms with E-state index in [0.29, 0.717) is 5.56 Å². The largest absolute Gasteiger partial charge is 0.383 e. The topological polar surface area (TPSA) is 59.1 Å². The number of ether oxygens (including phenoxy) is 1. The van der Waals surface area contributed by atoms with Gasteiger partial charge in [-0.15, -0.1) is 0 Å². The van der Waals surface area contributed by atoms with Gasteiger partial charge in [0.05, 0.1) is 24.9 Å². The summed E-state index contributed by atoms with van der Waals surface area (Å²) in [5.74, 6) is -1.72. The first-order valence-electron chi connectivity index (χ1n) is 8.72. The fourth-order valence-corrected chi connectivity index (χ4v) is 3.67. The zero-order chi connectivity index (χ0) is 19.0. The van der Waals surface area contributed by atoms with Crippen molar-refractivity contribution >= 4 is 17.5 Å². The number of carbonyl (C=O) groups excluding carboxylic acids is 2. The van der Waals surface area contributed by atoms with Gasteiger partial charge in [0.2, 0.25) is 5.91 Å². The van der Waals surface area contributed by atoms with E-state index in [9.17, 15) is 14.0 Å². The third-order valence-electron chi connectivity index (χ3n) is 4.95. The molecule has 0 saturated carbocycles. The second-order valence-corrected chi connectivity index (χ2v) is 6.53. The molecule has 2 heterocycles. The summed E-state index contributed by atoms with van der Waals surface area (Å²) in [7, 11) is 1.51. The maximum atomic E-state index is 13.4. The van der Waals surface area contributed by atoms with E-state index in [1.807, 2.05) is 30.3 Å². The second kappa shape index (κ2) is 7.09. The van der Waals surface area contributed by atoms with Crippen molar-refractivity contribution in [3.63, 3.8) is 0 Å². The molecule has 2 aromatic carbocycles. The molecule has 0 unspecified atom stereocenters. The van der Waals surface area contributed by atoms with Crippen LogP contribution in [-0.4, -0.2) is 43.1 Å². The van der Waals surface area contributed by atoms with Crippen molar-refractivity contribution in [3.8, 4) is 0 Å². The first-order chi connectivity index (χ1) is 13.1. The van der Waals surface area contributed by atoms with Crippen molar-refractivity contribution in [2.75, 3.05) is 25.3 Å². The molecular weight excluding hydrogens is 351 g/mol. The molecule has 2 amide bonds. The van der Waals surface area contributed by atoms with Gasteiger partial charge in [-0.25, -0.2) is 9.45 Å².